The van der Waals surface area contributed by atoms with Gasteiger partial charge >= 0.3 is 5.97 Å². The second-order valence-electron chi connectivity index (χ2n) is 8.96. The van der Waals surface area contributed by atoms with Gasteiger partial charge in [0, 0.05) is 30.3 Å². The van der Waals surface area contributed by atoms with Gasteiger partial charge in [-0.1, -0.05) is 17.7 Å². The number of carbonyl (C=O) groups excluding carboxylic acids is 2. The topological polar surface area (TPSA) is 65.5 Å². The first-order chi connectivity index (χ1) is 15.8. The summed E-state index contributed by atoms with van der Waals surface area (Å²) in [6.07, 6.45) is 0.583. The molecule has 2 unspecified atom stereocenters. The Morgan fingerprint density at radius 3 is 2.70 bits per heavy atom. The van der Waals surface area contributed by atoms with Crippen molar-refractivity contribution in [2.24, 2.45) is 10.5 Å². The summed E-state index contributed by atoms with van der Waals surface area (Å²) in [4.78, 5) is 30.7. The fraction of sp³-hybridized carbons (Fsp3) is 0.400. The van der Waals surface area contributed by atoms with Crippen LogP contribution in [0.2, 0.25) is 5.02 Å². The number of ether oxygens (including phenoxy) is 1. The van der Waals surface area contributed by atoms with Crippen LogP contribution in [0.3, 0.4) is 0 Å². The molecular formula is C25H27ClN4O3. The molecule has 3 aliphatic rings. The van der Waals surface area contributed by atoms with E-state index in [0.717, 1.165) is 36.6 Å². The van der Waals surface area contributed by atoms with Crippen molar-refractivity contribution in [3.8, 4) is 0 Å². The van der Waals surface area contributed by atoms with Crippen LogP contribution < -0.4 is 9.91 Å². The van der Waals surface area contributed by atoms with Crippen molar-refractivity contribution >= 4 is 40.6 Å². The van der Waals surface area contributed by atoms with E-state index >= 15 is 0 Å². The molecule has 0 N–H and O–H groups in total. The van der Waals surface area contributed by atoms with E-state index in [0.29, 0.717) is 29.3 Å². The van der Waals surface area contributed by atoms with Crippen LogP contribution in [0.1, 0.15) is 29.8 Å². The quantitative estimate of drug-likeness (QED) is 0.646. The summed E-state index contributed by atoms with van der Waals surface area (Å²) in [5.41, 5.74) is 3.38. The molecule has 1 fully saturated rings. The number of benzene rings is 2. The summed E-state index contributed by atoms with van der Waals surface area (Å²) >= 11 is 6.33. The van der Waals surface area contributed by atoms with Crippen LogP contribution in [0.4, 0.5) is 11.4 Å². The third-order valence-corrected chi connectivity index (χ3v) is 7.31. The van der Waals surface area contributed by atoms with Gasteiger partial charge in [-0.25, -0.2) is 4.79 Å². The lowest BCUT2D eigenvalue weighted by Gasteiger charge is -2.52. The third kappa shape index (κ3) is 3.42. The summed E-state index contributed by atoms with van der Waals surface area (Å²) < 4.78 is 5.07. The van der Waals surface area contributed by atoms with E-state index in [1.165, 1.54) is 5.01 Å². The first-order valence-corrected chi connectivity index (χ1v) is 11.6. The van der Waals surface area contributed by atoms with E-state index in [-0.39, 0.29) is 17.9 Å². The average molecular weight is 467 g/mol. The van der Waals surface area contributed by atoms with Crippen molar-refractivity contribution in [3.63, 3.8) is 0 Å². The smallest absolute Gasteiger partial charge is 0.338 e. The van der Waals surface area contributed by atoms with Crippen LogP contribution in [0, 0.1) is 5.41 Å². The Labute approximate surface area is 198 Å². The highest BCUT2D eigenvalue weighted by molar-refractivity contribution is 6.31. The number of hydrazone groups is 1. The fourth-order valence-electron chi connectivity index (χ4n) is 5.35. The summed E-state index contributed by atoms with van der Waals surface area (Å²) in [5.74, 6) is -0.411. The number of rotatable bonds is 3. The molecule has 0 aromatic heterocycles. The molecule has 8 heteroatoms. The minimum Gasteiger partial charge on any atom is -0.462 e. The molecule has 0 radical (unpaired) electrons. The lowest BCUT2D eigenvalue weighted by Crippen LogP contribution is -2.66. The number of likely N-dealkylation sites (N-methyl/N-ethyl adjacent to an activating group) is 1. The predicted octanol–water partition coefficient (Wildman–Crippen LogP) is 3.60. The number of carbonyl (C=O) groups is 2. The van der Waals surface area contributed by atoms with Gasteiger partial charge in [0.15, 0.2) is 0 Å². The monoisotopic (exact) mass is 466 g/mol. The Kier molecular flexibility index (Phi) is 5.41. The molecule has 33 heavy (non-hydrogen) atoms. The molecule has 0 bridgehead atoms. The molecule has 0 saturated carbocycles. The standard InChI is InChI=1S/C25H27ClN4O3/c1-4-33-23(31)17-6-9-20(10-7-17)30-24(32)25(16(2)27-30)14-18-5-8-19(26)13-21(18)29-12-11-28(3)15-22(25)29/h5-10,13,22H,4,11-12,14-15H2,1-3H3. The maximum atomic E-state index is 14.1. The minimum absolute atomic E-state index is 0.0326. The zero-order valence-corrected chi connectivity index (χ0v) is 19.8. The summed E-state index contributed by atoms with van der Waals surface area (Å²) in [7, 11) is 2.09. The average Bonchev–Trinajstić information content (AvgIpc) is 3.05. The Bertz CT molecular complexity index is 1150. The Morgan fingerprint density at radius 1 is 1.21 bits per heavy atom. The zero-order valence-electron chi connectivity index (χ0n) is 19.0. The molecule has 2 atom stereocenters. The van der Waals surface area contributed by atoms with Crippen molar-refractivity contribution in [2.75, 3.05) is 43.2 Å². The molecular weight excluding hydrogens is 440 g/mol. The molecule has 1 saturated heterocycles. The number of nitrogens with zero attached hydrogens (tertiary/aromatic N) is 4. The van der Waals surface area contributed by atoms with Crippen LogP contribution in [0.15, 0.2) is 47.6 Å². The maximum Gasteiger partial charge on any atom is 0.338 e. The predicted molar refractivity (Wildman–Crippen MR) is 129 cm³/mol. The van der Waals surface area contributed by atoms with E-state index in [2.05, 4.69) is 16.8 Å². The number of halogens is 1. The molecule has 3 heterocycles. The second-order valence-corrected chi connectivity index (χ2v) is 9.40. The van der Waals surface area contributed by atoms with Gasteiger partial charge in [0.2, 0.25) is 0 Å². The van der Waals surface area contributed by atoms with E-state index < -0.39 is 5.41 Å². The van der Waals surface area contributed by atoms with Gasteiger partial charge in [0.1, 0.15) is 5.41 Å². The Balaban J connectivity index is 1.53. The number of amides is 1. The van der Waals surface area contributed by atoms with E-state index in [4.69, 9.17) is 21.4 Å². The highest BCUT2D eigenvalue weighted by Crippen LogP contribution is 2.48. The maximum absolute atomic E-state index is 14.1. The number of anilines is 2. The largest absolute Gasteiger partial charge is 0.462 e. The molecule has 2 aromatic rings. The Morgan fingerprint density at radius 2 is 1.97 bits per heavy atom. The number of piperazine rings is 1. The normalized spacial score (nSPS) is 24.5. The van der Waals surface area contributed by atoms with Crippen molar-refractivity contribution < 1.29 is 14.3 Å². The number of esters is 1. The van der Waals surface area contributed by atoms with Crippen molar-refractivity contribution in [1.82, 2.24) is 4.90 Å². The van der Waals surface area contributed by atoms with Gasteiger partial charge < -0.3 is 14.5 Å². The highest BCUT2D eigenvalue weighted by atomic mass is 35.5. The SMILES string of the molecule is CCOC(=O)c1ccc(N2N=C(C)C3(Cc4ccc(Cl)cc4N4CCN(C)CC43)C2=O)cc1. The Hall–Kier alpha value is -2.90. The lowest BCUT2D eigenvalue weighted by atomic mass is 9.67. The van der Waals surface area contributed by atoms with E-state index in [9.17, 15) is 9.59 Å². The van der Waals surface area contributed by atoms with Crippen LogP contribution in [-0.2, 0) is 16.0 Å². The van der Waals surface area contributed by atoms with Crippen LogP contribution in [0.25, 0.3) is 0 Å². The van der Waals surface area contributed by atoms with Gasteiger partial charge in [-0.3, -0.25) is 4.79 Å². The van der Waals surface area contributed by atoms with Crippen LogP contribution in [0.5, 0.6) is 0 Å². The third-order valence-electron chi connectivity index (χ3n) is 7.07. The highest BCUT2D eigenvalue weighted by Gasteiger charge is 2.59. The van der Waals surface area contributed by atoms with E-state index in [1.54, 1.807) is 31.2 Å². The van der Waals surface area contributed by atoms with Crippen LogP contribution >= 0.6 is 11.6 Å². The second kappa shape index (κ2) is 8.15. The summed E-state index contributed by atoms with van der Waals surface area (Å²) in [6.45, 7) is 6.55. The van der Waals surface area contributed by atoms with Crippen molar-refractivity contribution in [2.45, 2.75) is 26.3 Å². The van der Waals surface area contributed by atoms with Gasteiger partial charge in [-0.2, -0.15) is 10.1 Å². The van der Waals surface area contributed by atoms with E-state index in [1.807, 2.05) is 25.1 Å². The molecule has 7 nitrogen and oxygen atoms in total. The number of hydrogen-bond acceptors (Lipinski definition) is 6. The summed E-state index contributed by atoms with van der Waals surface area (Å²) in [6, 6.07) is 12.8. The first kappa shape index (κ1) is 21.9. The molecule has 1 amide bonds. The van der Waals surface area contributed by atoms with Crippen molar-refractivity contribution in [3.05, 3.63) is 58.6 Å². The fourth-order valence-corrected chi connectivity index (χ4v) is 5.51. The lowest BCUT2D eigenvalue weighted by molar-refractivity contribution is -0.125. The first-order valence-electron chi connectivity index (χ1n) is 11.3. The molecule has 5 rings (SSSR count). The summed E-state index contributed by atoms with van der Waals surface area (Å²) in [5, 5.41) is 6.95. The van der Waals surface area contributed by atoms with Gasteiger partial charge in [0.25, 0.3) is 5.91 Å². The molecule has 0 aliphatic carbocycles. The minimum atomic E-state index is -0.755. The molecule has 1 spiro atoms. The number of fused-ring (bicyclic) bond motifs is 4. The van der Waals surface area contributed by atoms with Gasteiger partial charge in [0.05, 0.1) is 29.6 Å². The zero-order chi connectivity index (χ0) is 23.3. The molecule has 2 aromatic carbocycles. The molecule has 172 valence electrons. The van der Waals surface area contributed by atoms with Crippen molar-refractivity contribution in [1.29, 1.82) is 0 Å². The van der Waals surface area contributed by atoms with Crippen LogP contribution in [-0.4, -0.2) is 61.8 Å². The van der Waals surface area contributed by atoms with Gasteiger partial charge in [-0.05, 0) is 69.3 Å². The number of hydrogen-bond donors (Lipinski definition) is 0. The molecule has 3 aliphatic heterocycles. The van der Waals surface area contributed by atoms with Gasteiger partial charge in [-0.15, -0.1) is 0 Å².